The van der Waals surface area contributed by atoms with Gasteiger partial charge in [0.1, 0.15) is 0 Å². The maximum absolute atomic E-state index is 11.8. The zero-order valence-corrected chi connectivity index (χ0v) is 12.1. The molecule has 0 aliphatic carbocycles. The maximum atomic E-state index is 11.8. The van der Waals surface area contributed by atoms with Crippen molar-refractivity contribution in [1.82, 2.24) is 10.6 Å². The van der Waals surface area contributed by atoms with E-state index in [-0.39, 0.29) is 11.8 Å². The smallest absolute Gasteiger partial charge is 0.252 e. The van der Waals surface area contributed by atoms with Crippen molar-refractivity contribution in [1.29, 1.82) is 0 Å². The molecule has 2 amide bonds. The van der Waals surface area contributed by atoms with Crippen molar-refractivity contribution in [3.05, 3.63) is 28.8 Å². The second kappa shape index (κ2) is 6.72. The molecule has 1 fully saturated rings. The van der Waals surface area contributed by atoms with E-state index in [1.54, 1.807) is 18.2 Å². The molecular weight excluding hydrogens is 278 g/mol. The molecule has 0 saturated carbocycles. The number of halogens is 1. The van der Waals surface area contributed by atoms with Gasteiger partial charge in [0.25, 0.3) is 5.91 Å². The molecule has 0 bridgehead atoms. The topological polar surface area (TPSA) is 70.2 Å². The molecule has 0 spiro atoms. The van der Waals surface area contributed by atoms with Gasteiger partial charge in [0.2, 0.25) is 5.91 Å². The van der Waals surface area contributed by atoms with Gasteiger partial charge in [-0.3, -0.25) is 9.59 Å². The van der Waals surface area contributed by atoms with E-state index in [9.17, 15) is 9.59 Å². The van der Waals surface area contributed by atoms with Gasteiger partial charge in [-0.15, -0.1) is 0 Å². The summed E-state index contributed by atoms with van der Waals surface area (Å²) in [5, 5.41) is 8.94. The summed E-state index contributed by atoms with van der Waals surface area (Å²) >= 11 is 6.07. The van der Waals surface area contributed by atoms with Crippen molar-refractivity contribution < 1.29 is 9.59 Å². The van der Waals surface area contributed by atoms with E-state index in [1.807, 2.05) is 6.92 Å². The van der Waals surface area contributed by atoms with Crippen molar-refractivity contribution in [3.63, 3.8) is 0 Å². The van der Waals surface area contributed by atoms with Crippen LogP contribution in [0, 0.1) is 5.92 Å². The molecule has 20 heavy (non-hydrogen) atoms. The first-order valence-electron chi connectivity index (χ1n) is 6.68. The first-order chi connectivity index (χ1) is 9.60. The molecule has 1 saturated heterocycles. The monoisotopic (exact) mass is 295 g/mol. The first kappa shape index (κ1) is 14.8. The highest BCUT2D eigenvalue weighted by Crippen LogP contribution is 2.21. The second-order valence-corrected chi connectivity index (χ2v) is 5.24. The average Bonchev–Trinajstić information content (AvgIpc) is 2.34. The summed E-state index contributed by atoms with van der Waals surface area (Å²) < 4.78 is 0. The second-order valence-electron chi connectivity index (χ2n) is 4.83. The molecule has 6 heteroatoms. The molecule has 1 aromatic rings. The summed E-state index contributed by atoms with van der Waals surface area (Å²) in [6.07, 6.45) is 0.503. The van der Waals surface area contributed by atoms with Crippen LogP contribution in [0.15, 0.2) is 18.2 Å². The van der Waals surface area contributed by atoms with Gasteiger partial charge in [0, 0.05) is 18.7 Å². The number of benzene rings is 1. The van der Waals surface area contributed by atoms with Crippen molar-refractivity contribution in [2.75, 3.05) is 25.0 Å². The van der Waals surface area contributed by atoms with E-state index in [0.717, 1.165) is 13.1 Å². The van der Waals surface area contributed by atoms with Crippen LogP contribution in [-0.2, 0) is 4.79 Å². The third kappa shape index (κ3) is 3.71. The van der Waals surface area contributed by atoms with Gasteiger partial charge in [0.15, 0.2) is 0 Å². The molecule has 0 aromatic heterocycles. The predicted molar refractivity (Wildman–Crippen MR) is 79.1 cm³/mol. The summed E-state index contributed by atoms with van der Waals surface area (Å²) in [4.78, 5) is 23.5. The SMILES string of the molecule is CCNC(=O)c1ccc(NC(=O)CC2CNC2)cc1Cl. The van der Waals surface area contributed by atoms with Gasteiger partial charge in [-0.2, -0.15) is 0 Å². The minimum absolute atomic E-state index is 0.0293. The van der Waals surface area contributed by atoms with E-state index in [2.05, 4.69) is 16.0 Å². The van der Waals surface area contributed by atoms with Crippen LogP contribution < -0.4 is 16.0 Å². The molecule has 1 aliphatic heterocycles. The molecule has 5 nitrogen and oxygen atoms in total. The fourth-order valence-corrected chi connectivity index (χ4v) is 2.27. The quantitative estimate of drug-likeness (QED) is 0.773. The van der Waals surface area contributed by atoms with Crippen molar-refractivity contribution in [3.8, 4) is 0 Å². The van der Waals surface area contributed by atoms with Crippen LogP contribution in [0.2, 0.25) is 5.02 Å². The van der Waals surface area contributed by atoms with Gasteiger partial charge in [-0.25, -0.2) is 0 Å². The van der Waals surface area contributed by atoms with Gasteiger partial charge >= 0.3 is 0 Å². The summed E-state index contributed by atoms with van der Waals surface area (Å²) in [5.41, 5.74) is 1.02. The van der Waals surface area contributed by atoms with Gasteiger partial charge in [0.05, 0.1) is 10.6 Å². The molecule has 1 aromatic carbocycles. The van der Waals surface area contributed by atoms with E-state index >= 15 is 0 Å². The van der Waals surface area contributed by atoms with Crippen molar-refractivity contribution in [2.45, 2.75) is 13.3 Å². The summed E-state index contributed by atoms with van der Waals surface area (Å²) in [6.45, 7) is 4.17. The van der Waals surface area contributed by atoms with Crippen LogP contribution in [-0.4, -0.2) is 31.4 Å². The fraction of sp³-hybridized carbons (Fsp3) is 0.429. The number of carbonyl (C=O) groups is 2. The first-order valence-corrected chi connectivity index (χ1v) is 7.06. The zero-order chi connectivity index (χ0) is 14.5. The Morgan fingerprint density at radius 3 is 2.70 bits per heavy atom. The van der Waals surface area contributed by atoms with Crippen LogP contribution in [0.3, 0.4) is 0 Å². The molecule has 3 N–H and O–H groups in total. The largest absolute Gasteiger partial charge is 0.352 e. The van der Waals surface area contributed by atoms with Gasteiger partial charge in [-0.05, 0) is 44.1 Å². The Hall–Kier alpha value is -1.59. The Morgan fingerprint density at radius 2 is 2.15 bits per heavy atom. The molecule has 1 aliphatic rings. The highest BCUT2D eigenvalue weighted by atomic mass is 35.5. The lowest BCUT2D eigenvalue weighted by Crippen LogP contribution is -2.43. The van der Waals surface area contributed by atoms with Crippen LogP contribution in [0.25, 0.3) is 0 Å². The molecule has 0 atom stereocenters. The number of hydrogen-bond acceptors (Lipinski definition) is 3. The highest BCUT2D eigenvalue weighted by Gasteiger charge is 2.20. The average molecular weight is 296 g/mol. The molecular formula is C14H18ClN3O2. The Labute approximate surface area is 123 Å². The van der Waals surface area contributed by atoms with Crippen LogP contribution in [0.1, 0.15) is 23.7 Å². The van der Waals surface area contributed by atoms with Gasteiger partial charge in [-0.1, -0.05) is 11.6 Å². The van der Waals surface area contributed by atoms with Crippen molar-refractivity contribution in [2.24, 2.45) is 5.92 Å². The van der Waals surface area contributed by atoms with E-state index in [4.69, 9.17) is 11.6 Å². The highest BCUT2D eigenvalue weighted by molar-refractivity contribution is 6.34. The third-order valence-corrected chi connectivity index (χ3v) is 3.49. The van der Waals surface area contributed by atoms with E-state index in [1.165, 1.54) is 0 Å². The minimum atomic E-state index is -0.212. The predicted octanol–water partition coefficient (Wildman–Crippen LogP) is 1.64. The fourth-order valence-electron chi connectivity index (χ4n) is 2.00. The maximum Gasteiger partial charge on any atom is 0.252 e. The number of nitrogens with one attached hydrogen (secondary N) is 3. The van der Waals surface area contributed by atoms with Gasteiger partial charge < -0.3 is 16.0 Å². The lowest BCUT2D eigenvalue weighted by atomic mass is 9.99. The lowest BCUT2D eigenvalue weighted by Gasteiger charge is -2.26. The number of rotatable bonds is 5. The molecule has 2 rings (SSSR count). The normalized spacial score (nSPS) is 14.5. The van der Waals surface area contributed by atoms with Crippen molar-refractivity contribution >= 4 is 29.1 Å². The van der Waals surface area contributed by atoms with Crippen LogP contribution in [0.4, 0.5) is 5.69 Å². The lowest BCUT2D eigenvalue weighted by molar-refractivity contribution is -0.117. The summed E-state index contributed by atoms with van der Waals surface area (Å²) in [6, 6.07) is 4.91. The minimum Gasteiger partial charge on any atom is -0.352 e. The molecule has 0 radical (unpaired) electrons. The zero-order valence-electron chi connectivity index (χ0n) is 11.3. The van der Waals surface area contributed by atoms with E-state index in [0.29, 0.717) is 35.2 Å². The third-order valence-electron chi connectivity index (χ3n) is 3.17. The standard InChI is InChI=1S/C14H18ClN3O2/c1-2-17-14(20)11-4-3-10(6-12(11)15)18-13(19)5-9-7-16-8-9/h3-4,6,9,16H,2,5,7-8H2,1H3,(H,17,20)(H,18,19). The number of amides is 2. The van der Waals surface area contributed by atoms with E-state index < -0.39 is 0 Å². The molecule has 1 heterocycles. The molecule has 108 valence electrons. The summed E-state index contributed by atoms with van der Waals surface area (Å²) in [5.74, 6) is 0.175. The Kier molecular flexibility index (Phi) is 4.98. The van der Waals surface area contributed by atoms with Crippen LogP contribution >= 0.6 is 11.6 Å². The Bertz CT molecular complexity index is 515. The summed E-state index contributed by atoms with van der Waals surface area (Å²) in [7, 11) is 0. The number of anilines is 1. The Balaban J connectivity index is 1.97. The van der Waals surface area contributed by atoms with Crippen LogP contribution in [0.5, 0.6) is 0 Å². The molecule has 0 unspecified atom stereocenters. The number of carbonyl (C=O) groups excluding carboxylic acids is 2. The number of hydrogen-bond donors (Lipinski definition) is 3. The Morgan fingerprint density at radius 1 is 1.40 bits per heavy atom.